The minimum absolute atomic E-state index is 0.149. The van der Waals surface area contributed by atoms with Crippen LogP contribution in [0.1, 0.15) is 59.2 Å². The summed E-state index contributed by atoms with van der Waals surface area (Å²) in [6.45, 7) is 2.27. The molecule has 2 aromatic carbocycles. The molecule has 0 spiro atoms. The van der Waals surface area contributed by atoms with E-state index in [-0.39, 0.29) is 30.1 Å². The largest absolute Gasteiger partial charge is 0.490 e. The number of ether oxygens (including phenoxy) is 1. The maximum Gasteiger partial charge on any atom is 0.255 e. The van der Waals surface area contributed by atoms with E-state index in [0.717, 1.165) is 48.4 Å². The van der Waals surface area contributed by atoms with Crippen molar-refractivity contribution in [3.05, 3.63) is 64.7 Å². The Labute approximate surface area is 210 Å². The second kappa shape index (κ2) is 10.6. The van der Waals surface area contributed by atoms with Gasteiger partial charge in [0.15, 0.2) is 0 Å². The van der Waals surface area contributed by atoms with Crippen molar-refractivity contribution < 1.29 is 23.9 Å². The number of fused-ring (bicyclic) bond motifs is 1. The molecule has 188 valence electrons. The molecule has 2 saturated heterocycles. The highest BCUT2D eigenvalue weighted by atomic mass is 16.5. The number of nitrogens with zero attached hydrogens (tertiary/aromatic N) is 1. The molecule has 8 heteroatoms. The number of aryl methyl sites for hydroxylation is 1. The Morgan fingerprint density at radius 3 is 2.64 bits per heavy atom. The van der Waals surface area contributed by atoms with Gasteiger partial charge in [-0.05, 0) is 73.7 Å². The highest BCUT2D eigenvalue weighted by molar-refractivity contribution is 6.05. The fraction of sp³-hybridized carbons (Fsp3) is 0.429. The number of Topliss-reactive ketones (excluding diaryl/α,β-unsaturated/α-hetero) is 1. The summed E-state index contributed by atoms with van der Waals surface area (Å²) in [6.07, 6.45) is 4.12. The lowest BCUT2D eigenvalue weighted by Gasteiger charge is -2.29. The highest BCUT2D eigenvalue weighted by Crippen LogP contribution is 2.28. The fourth-order valence-corrected chi connectivity index (χ4v) is 5.22. The Hall–Kier alpha value is -3.52. The van der Waals surface area contributed by atoms with Crippen LogP contribution in [0.5, 0.6) is 5.75 Å². The molecule has 2 fully saturated rings. The minimum Gasteiger partial charge on any atom is -0.490 e. The first-order chi connectivity index (χ1) is 17.5. The van der Waals surface area contributed by atoms with E-state index in [4.69, 9.17) is 4.74 Å². The van der Waals surface area contributed by atoms with E-state index in [1.807, 2.05) is 36.4 Å². The van der Waals surface area contributed by atoms with Crippen LogP contribution < -0.4 is 15.4 Å². The zero-order valence-electron chi connectivity index (χ0n) is 20.3. The molecule has 2 aromatic rings. The predicted molar refractivity (Wildman–Crippen MR) is 132 cm³/mol. The molecule has 0 radical (unpaired) electrons. The quantitative estimate of drug-likeness (QED) is 0.552. The Morgan fingerprint density at radius 1 is 1.00 bits per heavy atom. The van der Waals surface area contributed by atoms with E-state index in [9.17, 15) is 19.2 Å². The van der Waals surface area contributed by atoms with Gasteiger partial charge in [-0.1, -0.05) is 24.3 Å². The molecule has 36 heavy (non-hydrogen) atoms. The number of nitrogens with one attached hydrogen (secondary N) is 2. The summed E-state index contributed by atoms with van der Waals surface area (Å²) in [4.78, 5) is 50.8. The van der Waals surface area contributed by atoms with Gasteiger partial charge >= 0.3 is 0 Å². The summed E-state index contributed by atoms with van der Waals surface area (Å²) in [7, 11) is 0. The first-order valence-corrected chi connectivity index (χ1v) is 12.7. The maximum atomic E-state index is 12.9. The predicted octanol–water partition coefficient (Wildman–Crippen LogP) is 2.32. The second-order valence-electron chi connectivity index (χ2n) is 9.82. The van der Waals surface area contributed by atoms with Crippen molar-refractivity contribution in [1.29, 1.82) is 0 Å². The molecule has 1 atom stereocenters. The molecule has 3 aliphatic heterocycles. The molecule has 0 bridgehead atoms. The molecule has 8 nitrogen and oxygen atoms in total. The molecule has 1 unspecified atom stereocenters. The van der Waals surface area contributed by atoms with Crippen LogP contribution in [0.4, 0.5) is 0 Å². The van der Waals surface area contributed by atoms with Gasteiger partial charge in [-0.3, -0.25) is 24.5 Å². The Bertz CT molecular complexity index is 1190. The molecular weight excluding hydrogens is 458 g/mol. The minimum atomic E-state index is -0.623. The number of carbonyl (C=O) groups excluding carboxylic acids is 4. The van der Waals surface area contributed by atoms with Crippen molar-refractivity contribution in [2.45, 2.75) is 63.6 Å². The number of rotatable bonds is 8. The zero-order chi connectivity index (χ0) is 25.1. The number of piperidine rings is 2. The van der Waals surface area contributed by atoms with Gasteiger partial charge in [0.05, 0.1) is 0 Å². The van der Waals surface area contributed by atoms with E-state index < -0.39 is 11.9 Å². The Kier molecular flexibility index (Phi) is 7.13. The number of benzene rings is 2. The standard InChI is InChI=1S/C28H31N3O5/c32-21(15-19-2-1-3-23(16-19)36-22-10-12-29-13-11-22)6-4-18-5-7-24-20(14-18)17-31(28(24)35)25-8-9-26(33)30-27(25)34/h1-3,5,7,14,16,22,25,29H,4,6,8-13,15,17H2,(H,30,33,34). The molecule has 3 heterocycles. The lowest BCUT2D eigenvalue weighted by molar-refractivity contribution is -0.137. The third-order valence-electron chi connectivity index (χ3n) is 7.17. The lowest BCUT2D eigenvalue weighted by Crippen LogP contribution is -2.52. The van der Waals surface area contributed by atoms with Crippen molar-refractivity contribution in [1.82, 2.24) is 15.5 Å². The van der Waals surface area contributed by atoms with Gasteiger partial charge in [-0.15, -0.1) is 0 Å². The van der Waals surface area contributed by atoms with Gasteiger partial charge in [-0.2, -0.15) is 0 Å². The summed E-state index contributed by atoms with van der Waals surface area (Å²) in [5.41, 5.74) is 3.38. The molecule has 0 aliphatic carbocycles. The van der Waals surface area contributed by atoms with Crippen molar-refractivity contribution in [3.8, 4) is 5.75 Å². The van der Waals surface area contributed by atoms with E-state index in [0.29, 0.717) is 37.8 Å². The van der Waals surface area contributed by atoms with Crippen LogP contribution in [0, 0.1) is 0 Å². The first-order valence-electron chi connectivity index (χ1n) is 12.7. The number of imide groups is 1. The summed E-state index contributed by atoms with van der Waals surface area (Å²) in [5.74, 6) is 0.0670. The van der Waals surface area contributed by atoms with Crippen LogP contribution in [0.3, 0.4) is 0 Å². The summed E-state index contributed by atoms with van der Waals surface area (Å²) >= 11 is 0. The van der Waals surface area contributed by atoms with E-state index in [2.05, 4.69) is 10.6 Å². The van der Waals surface area contributed by atoms with Crippen LogP contribution in [-0.4, -0.2) is 53.6 Å². The molecule has 3 aliphatic rings. The van der Waals surface area contributed by atoms with Crippen LogP contribution in [0.15, 0.2) is 42.5 Å². The zero-order valence-corrected chi connectivity index (χ0v) is 20.3. The summed E-state index contributed by atoms with van der Waals surface area (Å²) < 4.78 is 6.10. The van der Waals surface area contributed by atoms with E-state index in [1.165, 1.54) is 0 Å². The lowest BCUT2D eigenvalue weighted by atomic mass is 9.99. The van der Waals surface area contributed by atoms with E-state index >= 15 is 0 Å². The van der Waals surface area contributed by atoms with Gasteiger partial charge in [0, 0.05) is 31.4 Å². The van der Waals surface area contributed by atoms with Crippen LogP contribution >= 0.6 is 0 Å². The molecule has 0 aromatic heterocycles. The summed E-state index contributed by atoms with van der Waals surface area (Å²) in [6, 6.07) is 12.8. The van der Waals surface area contributed by atoms with Crippen molar-refractivity contribution >= 4 is 23.5 Å². The second-order valence-corrected chi connectivity index (χ2v) is 9.82. The number of hydrogen-bond acceptors (Lipinski definition) is 6. The number of amides is 3. The normalized spacial score (nSPS) is 20.3. The third-order valence-corrected chi connectivity index (χ3v) is 7.17. The van der Waals surface area contributed by atoms with Crippen LogP contribution in [0.25, 0.3) is 0 Å². The molecule has 0 saturated carbocycles. The number of carbonyl (C=O) groups is 4. The van der Waals surface area contributed by atoms with Gasteiger partial charge in [0.1, 0.15) is 23.7 Å². The average Bonchev–Trinajstić information content (AvgIpc) is 3.19. The van der Waals surface area contributed by atoms with Crippen molar-refractivity contribution in [2.24, 2.45) is 0 Å². The fourth-order valence-electron chi connectivity index (χ4n) is 5.22. The van der Waals surface area contributed by atoms with E-state index in [1.54, 1.807) is 11.0 Å². The monoisotopic (exact) mass is 489 g/mol. The Balaban J connectivity index is 1.15. The van der Waals surface area contributed by atoms with Gasteiger partial charge < -0.3 is 15.0 Å². The van der Waals surface area contributed by atoms with Crippen molar-refractivity contribution in [3.63, 3.8) is 0 Å². The molecule has 5 rings (SSSR count). The molecule has 3 amide bonds. The van der Waals surface area contributed by atoms with Gasteiger partial charge in [0.25, 0.3) is 5.91 Å². The summed E-state index contributed by atoms with van der Waals surface area (Å²) in [5, 5.41) is 5.65. The number of ketones is 1. The van der Waals surface area contributed by atoms with Gasteiger partial charge in [0.2, 0.25) is 11.8 Å². The highest BCUT2D eigenvalue weighted by Gasteiger charge is 2.39. The third kappa shape index (κ3) is 5.49. The first kappa shape index (κ1) is 24.2. The molecule has 2 N–H and O–H groups in total. The Morgan fingerprint density at radius 2 is 1.83 bits per heavy atom. The van der Waals surface area contributed by atoms with Crippen LogP contribution in [-0.2, 0) is 33.8 Å². The van der Waals surface area contributed by atoms with Crippen molar-refractivity contribution in [2.75, 3.05) is 13.1 Å². The number of hydrogen-bond donors (Lipinski definition) is 2. The van der Waals surface area contributed by atoms with Crippen LogP contribution in [0.2, 0.25) is 0 Å². The average molecular weight is 490 g/mol. The SMILES string of the molecule is O=C(CCc1ccc2c(c1)CN(C1CCC(=O)NC1=O)C2=O)Cc1cccc(OC2CCNCC2)c1. The molecular formula is C28H31N3O5. The smallest absolute Gasteiger partial charge is 0.255 e. The van der Waals surface area contributed by atoms with Gasteiger partial charge in [-0.25, -0.2) is 0 Å². The topological polar surface area (TPSA) is 105 Å². The maximum absolute atomic E-state index is 12.9.